The van der Waals surface area contributed by atoms with Crippen LogP contribution in [0.4, 0.5) is 0 Å². The fourth-order valence-electron chi connectivity index (χ4n) is 6.65. The molecule has 0 aromatic carbocycles. The van der Waals surface area contributed by atoms with Crippen LogP contribution in [0.15, 0.2) is 59.3 Å². The van der Waals surface area contributed by atoms with Gasteiger partial charge < -0.3 is 24.1 Å². The topological polar surface area (TPSA) is 74.2 Å². The molecule has 0 aromatic rings. The van der Waals surface area contributed by atoms with E-state index in [-0.39, 0.29) is 30.3 Å². The van der Waals surface area contributed by atoms with E-state index in [1.165, 1.54) is 11.1 Å². The summed E-state index contributed by atoms with van der Waals surface area (Å²) in [5.41, 5.74) is 3.62. The van der Waals surface area contributed by atoms with Gasteiger partial charge >= 0.3 is 0 Å². The Kier molecular flexibility index (Phi) is 13.6. The molecule has 6 nitrogen and oxygen atoms in total. The van der Waals surface area contributed by atoms with Crippen molar-refractivity contribution in [2.45, 2.75) is 135 Å². The molecule has 41 heavy (non-hydrogen) atoms. The molecular weight excluding hydrogens is 516 g/mol. The molecule has 1 aliphatic carbocycles. The van der Waals surface area contributed by atoms with Gasteiger partial charge in [0.1, 0.15) is 12.2 Å². The fraction of sp³-hybridized carbons (Fsp3) is 0.686. The Bertz CT molecular complexity index is 973. The van der Waals surface area contributed by atoms with E-state index in [2.05, 4.69) is 64.2 Å². The highest BCUT2D eigenvalue weighted by atomic mass is 16.7. The number of hydrogen-bond acceptors (Lipinski definition) is 6. The fourth-order valence-corrected chi connectivity index (χ4v) is 6.65. The zero-order chi connectivity index (χ0) is 29.8. The van der Waals surface area contributed by atoms with Crippen molar-refractivity contribution in [1.82, 2.24) is 0 Å². The Morgan fingerprint density at radius 1 is 1.22 bits per heavy atom. The quantitative estimate of drug-likeness (QED) is 0.132. The zero-order valence-electron chi connectivity index (χ0n) is 26.2. The minimum absolute atomic E-state index is 0.0726. The average molecular weight is 571 g/mol. The molecule has 230 valence electrons. The Labute approximate surface area is 248 Å². The number of carbonyl (C=O) groups excluding carboxylic acids is 1. The number of aliphatic hydroxyl groups is 1. The third kappa shape index (κ3) is 9.25. The largest absolute Gasteiger partial charge is 0.464 e. The van der Waals surface area contributed by atoms with Crippen LogP contribution in [0.25, 0.3) is 0 Å². The predicted molar refractivity (Wildman–Crippen MR) is 164 cm³/mol. The van der Waals surface area contributed by atoms with Crippen molar-refractivity contribution in [2.75, 3.05) is 7.11 Å². The summed E-state index contributed by atoms with van der Waals surface area (Å²) < 4.78 is 24.3. The van der Waals surface area contributed by atoms with Gasteiger partial charge in [0, 0.05) is 25.9 Å². The molecule has 0 aromatic heterocycles. The molecule has 1 fully saturated rings. The summed E-state index contributed by atoms with van der Waals surface area (Å²) >= 11 is 0. The van der Waals surface area contributed by atoms with Crippen molar-refractivity contribution >= 4 is 6.47 Å². The first-order valence-corrected chi connectivity index (χ1v) is 15.8. The smallest absolute Gasteiger partial charge is 0.293 e. The monoisotopic (exact) mass is 570 g/mol. The van der Waals surface area contributed by atoms with Gasteiger partial charge in [-0.05, 0) is 69.9 Å². The van der Waals surface area contributed by atoms with Crippen LogP contribution in [0.3, 0.4) is 0 Å². The summed E-state index contributed by atoms with van der Waals surface area (Å²) in [5, 5.41) is 10.5. The third-order valence-electron chi connectivity index (χ3n) is 9.22. The van der Waals surface area contributed by atoms with Gasteiger partial charge in [-0.2, -0.15) is 0 Å². The molecule has 0 bridgehead atoms. The van der Waals surface area contributed by atoms with Crippen molar-refractivity contribution in [3.8, 4) is 0 Å². The summed E-state index contributed by atoms with van der Waals surface area (Å²) in [6.45, 7) is 11.3. The molecule has 0 saturated carbocycles. The minimum atomic E-state index is -0.819. The molecule has 2 aliphatic heterocycles. The van der Waals surface area contributed by atoms with Gasteiger partial charge in [0.15, 0.2) is 5.79 Å². The number of carbonyl (C=O) groups is 1. The van der Waals surface area contributed by atoms with E-state index in [0.717, 1.165) is 56.9 Å². The summed E-state index contributed by atoms with van der Waals surface area (Å²) in [6.07, 6.45) is 23.1. The van der Waals surface area contributed by atoms with Gasteiger partial charge in [0.25, 0.3) is 6.47 Å². The normalized spacial score (nSPS) is 33.0. The van der Waals surface area contributed by atoms with Gasteiger partial charge in [-0.3, -0.25) is 4.79 Å². The maximum atomic E-state index is 11.2. The number of hydrogen-bond donors (Lipinski definition) is 1. The average Bonchev–Trinajstić information content (AvgIpc) is 2.96. The number of allylic oxidation sites excluding steroid dienone is 5. The second-order valence-corrected chi connectivity index (χ2v) is 12.0. The van der Waals surface area contributed by atoms with Crippen LogP contribution in [-0.4, -0.2) is 55.0 Å². The molecule has 1 N–H and O–H groups in total. The summed E-state index contributed by atoms with van der Waals surface area (Å²) in [6, 6.07) is 0. The maximum Gasteiger partial charge on any atom is 0.293 e. The predicted octanol–water partition coefficient (Wildman–Crippen LogP) is 7.54. The van der Waals surface area contributed by atoms with Crippen molar-refractivity contribution < 1.29 is 28.8 Å². The number of ether oxygens (including phenoxy) is 4. The van der Waals surface area contributed by atoms with Crippen molar-refractivity contribution in [2.24, 2.45) is 11.8 Å². The van der Waals surface area contributed by atoms with Crippen LogP contribution in [0.2, 0.25) is 0 Å². The van der Waals surface area contributed by atoms with Crippen molar-refractivity contribution in [3.63, 3.8) is 0 Å². The second-order valence-electron chi connectivity index (χ2n) is 12.0. The first kappa shape index (κ1) is 33.5. The lowest BCUT2D eigenvalue weighted by Crippen LogP contribution is -2.51. The Morgan fingerprint density at radius 2 is 2.00 bits per heavy atom. The van der Waals surface area contributed by atoms with Gasteiger partial charge in [-0.15, -0.1) is 0 Å². The van der Waals surface area contributed by atoms with Gasteiger partial charge in [-0.1, -0.05) is 81.2 Å². The summed E-state index contributed by atoms with van der Waals surface area (Å²) in [4.78, 5) is 11.2. The molecule has 3 aliphatic rings. The first-order chi connectivity index (χ1) is 19.8. The molecule has 2 heterocycles. The van der Waals surface area contributed by atoms with E-state index in [1.807, 2.05) is 13.0 Å². The van der Waals surface area contributed by atoms with E-state index in [0.29, 0.717) is 25.2 Å². The first-order valence-electron chi connectivity index (χ1n) is 15.8. The third-order valence-corrected chi connectivity index (χ3v) is 9.22. The second kappa shape index (κ2) is 16.6. The summed E-state index contributed by atoms with van der Waals surface area (Å²) in [5.74, 6) is -0.129. The van der Waals surface area contributed by atoms with Crippen LogP contribution < -0.4 is 0 Å². The maximum absolute atomic E-state index is 11.2. The van der Waals surface area contributed by atoms with E-state index in [4.69, 9.17) is 18.9 Å². The van der Waals surface area contributed by atoms with Crippen LogP contribution in [-0.2, 0) is 23.7 Å². The molecule has 6 heteroatoms. The summed E-state index contributed by atoms with van der Waals surface area (Å²) in [7, 11) is 1.69. The number of rotatable bonds is 14. The van der Waals surface area contributed by atoms with Gasteiger partial charge in [-0.25, -0.2) is 0 Å². The van der Waals surface area contributed by atoms with Crippen molar-refractivity contribution in [3.05, 3.63) is 59.3 Å². The highest BCUT2D eigenvalue weighted by Crippen LogP contribution is 2.40. The Hall–Kier alpha value is -1.99. The highest BCUT2D eigenvalue weighted by Gasteiger charge is 2.45. The molecule has 0 radical (unpaired) electrons. The molecule has 1 saturated heterocycles. The van der Waals surface area contributed by atoms with Crippen LogP contribution in [0, 0.1) is 11.8 Å². The number of methoxy groups -OCH3 is 1. The molecule has 0 amide bonds. The lowest BCUT2D eigenvalue weighted by Gasteiger charge is -2.46. The lowest BCUT2D eigenvalue weighted by molar-refractivity contribution is -0.294. The van der Waals surface area contributed by atoms with E-state index in [1.54, 1.807) is 7.11 Å². The van der Waals surface area contributed by atoms with Crippen LogP contribution >= 0.6 is 0 Å². The molecule has 3 rings (SSSR count). The molecule has 7 unspecified atom stereocenters. The van der Waals surface area contributed by atoms with Gasteiger partial charge in [0.05, 0.1) is 18.3 Å². The van der Waals surface area contributed by atoms with E-state index >= 15 is 0 Å². The van der Waals surface area contributed by atoms with Gasteiger partial charge in [0.2, 0.25) is 0 Å². The SMILES string of the molecule is CC/C(=C\C=C\CC/C(C)=C/CC1CC(OC=O)CC2(C=CCC(C(CC)CC)O2)O1)C1CC=C(C)C(O)C1OC. The molecule has 1 spiro atoms. The van der Waals surface area contributed by atoms with E-state index < -0.39 is 11.9 Å². The Morgan fingerprint density at radius 3 is 2.68 bits per heavy atom. The van der Waals surface area contributed by atoms with E-state index in [9.17, 15) is 9.90 Å². The van der Waals surface area contributed by atoms with Crippen LogP contribution in [0.5, 0.6) is 0 Å². The Balaban J connectivity index is 1.56. The van der Waals surface area contributed by atoms with Crippen molar-refractivity contribution in [1.29, 1.82) is 0 Å². The minimum Gasteiger partial charge on any atom is -0.464 e. The highest BCUT2D eigenvalue weighted by molar-refractivity contribution is 5.37. The standard InChI is InChI=1S/C35H54O6/c1-7-27(8-2)32-16-13-21-35(41-32)23-30(39-24-36)22-29(40-35)19-17-25(4)14-11-10-12-15-28(9-3)31-20-18-26(5)33(37)34(31)38-6/h10,12-13,15,17-18,21,24,27,29-34,37H,7-9,11,14,16,19-20,22-23H2,1-6H3/b12-10+,25-17+,28-15+. The molecule has 7 atom stereocenters. The number of aliphatic hydroxyl groups excluding tert-OH is 1. The van der Waals surface area contributed by atoms with Crippen LogP contribution in [0.1, 0.15) is 98.8 Å². The molecular formula is C35H54O6. The lowest BCUT2D eigenvalue weighted by atomic mass is 9.79. The zero-order valence-corrected chi connectivity index (χ0v) is 26.2.